The standard InChI is InChI=1S/C10H14ClNO2S/c1-2-14-10(13)7-12-6-5-8-3-4-9(11)15-8/h3-4,12H,2,5-7H2,1H3. The van der Waals surface area contributed by atoms with Crippen LogP contribution in [0.5, 0.6) is 0 Å². The highest BCUT2D eigenvalue weighted by Crippen LogP contribution is 2.21. The summed E-state index contributed by atoms with van der Waals surface area (Å²) in [6.07, 6.45) is 0.886. The van der Waals surface area contributed by atoms with Crippen molar-refractivity contribution in [2.24, 2.45) is 0 Å². The van der Waals surface area contributed by atoms with Crippen LogP contribution in [0.2, 0.25) is 4.34 Å². The van der Waals surface area contributed by atoms with E-state index in [0.29, 0.717) is 6.61 Å². The number of rotatable bonds is 6. The Bertz CT molecular complexity index is 314. The van der Waals surface area contributed by atoms with Crippen LogP contribution in [0.25, 0.3) is 0 Å². The average Bonchev–Trinajstić information content (AvgIpc) is 2.60. The predicted molar refractivity (Wildman–Crippen MR) is 62.5 cm³/mol. The van der Waals surface area contributed by atoms with Crippen molar-refractivity contribution in [3.63, 3.8) is 0 Å². The van der Waals surface area contributed by atoms with E-state index < -0.39 is 0 Å². The first kappa shape index (κ1) is 12.5. The Balaban J connectivity index is 2.09. The van der Waals surface area contributed by atoms with Gasteiger partial charge in [-0.2, -0.15) is 0 Å². The maximum absolute atomic E-state index is 11.0. The molecule has 1 aromatic heterocycles. The minimum atomic E-state index is -0.207. The number of hydrogen-bond acceptors (Lipinski definition) is 4. The number of carbonyl (C=O) groups is 1. The Labute approximate surface area is 98.4 Å². The van der Waals surface area contributed by atoms with Crippen molar-refractivity contribution in [3.8, 4) is 0 Å². The third-order valence-corrected chi connectivity index (χ3v) is 3.04. The predicted octanol–water partition coefficient (Wildman–Crippen LogP) is 2.10. The lowest BCUT2D eigenvalue weighted by atomic mass is 10.3. The van der Waals surface area contributed by atoms with E-state index in [1.165, 1.54) is 4.88 Å². The summed E-state index contributed by atoms with van der Waals surface area (Å²) in [6.45, 7) is 3.26. The summed E-state index contributed by atoms with van der Waals surface area (Å²) in [6, 6.07) is 3.88. The van der Waals surface area contributed by atoms with Gasteiger partial charge in [-0.05, 0) is 25.5 Å². The van der Waals surface area contributed by atoms with Gasteiger partial charge in [0.15, 0.2) is 0 Å². The molecule has 0 atom stereocenters. The van der Waals surface area contributed by atoms with Crippen LogP contribution >= 0.6 is 22.9 Å². The smallest absolute Gasteiger partial charge is 0.319 e. The molecule has 0 aliphatic heterocycles. The second kappa shape index (κ2) is 6.82. The SMILES string of the molecule is CCOC(=O)CNCCc1ccc(Cl)s1. The number of carbonyl (C=O) groups excluding carboxylic acids is 1. The van der Waals surface area contributed by atoms with E-state index in [1.807, 2.05) is 12.1 Å². The van der Waals surface area contributed by atoms with Gasteiger partial charge in [-0.3, -0.25) is 4.79 Å². The number of halogens is 1. The number of nitrogens with one attached hydrogen (secondary N) is 1. The van der Waals surface area contributed by atoms with Crippen LogP contribution in [-0.2, 0) is 16.0 Å². The van der Waals surface area contributed by atoms with Gasteiger partial charge in [0.25, 0.3) is 0 Å². The van der Waals surface area contributed by atoms with Crippen molar-refractivity contribution in [2.75, 3.05) is 19.7 Å². The van der Waals surface area contributed by atoms with Crippen molar-refractivity contribution in [2.45, 2.75) is 13.3 Å². The molecule has 0 aromatic carbocycles. The van der Waals surface area contributed by atoms with Crippen LogP contribution in [0.4, 0.5) is 0 Å². The molecule has 0 radical (unpaired) electrons. The summed E-state index contributed by atoms with van der Waals surface area (Å²) in [5, 5.41) is 3.02. The maximum atomic E-state index is 11.0. The van der Waals surface area contributed by atoms with Gasteiger partial charge in [-0.15, -0.1) is 11.3 Å². The molecule has 0 bridgehead atoms. The molecule has 0 saturated heterocycles. The summed E-state index contributed by atoms with van der Waals surface area (Å²) >= 11 is 7.35. The number of esters is 1. The lowest BCUT2D eigenvalue weighted by Gasteiger charge is -2.03. The quantitative estimate of drug-likeness (QED) is 0.618. The van der Waals surface area contributed by atoms with Crippen LogP contribution in [0, 0.1) is 0 Å². The molecule has 0 unspecified atom stereocenters. The molecule has 1 N–H and O–H groups in total. The molecule has 0 aliphatic rings. The first-order valence-electron chi connectivity index (χ1n) is 4.83. The third kappa shape index (κ3) is 5.16. The molecule has 0 saturated carbocycles. The van der Waals surface area contributed by atoms with Gasteiger partial charge in [0.1, 0.15) is 0 Å². The number of hydrogen-bond donors (Lipinski definition) is 1. The molecule has 3 nitrogen and oxygen atoms in total. The van der Waals surface area contributed by atoms with Crippen molar-refractivity contribution >= 4 is 28.9 Å². The molecule has 1 rings (SSSR count). The fraction of sp³-hybridized carbons (Fsp3) is 0.500. The number of thiophene rings is 1. The minimum Gasteiger partial charge on any atom is -0.465 e. The average molecular weight is 248 g/mol. The molecule has 5 heteroatoms. The summed E-state index contributed by atoms with van der Waals surface area (Å²) in [7, 11) is 0. The Morgan fingerprint density at radius 2 is 2.40 bits per heavy atom. The molecule has 0 spiro atoms. The van der Waals surface area contributed by atoms with Crippen molar-refractivity contribution in [1.82, 2.24) is 5.32 Å². The highest BCUT2D eigenvalue weighted by molar-refractivity contribution is 7.16. The van der Waals surface area contributed by atoms with Crippen molar-refractivity contribution < 1.29 is 9.53 Å². The van der Waals surface area contributed by atoms with Gasteiger partial charge in [0, 0.05) is 11.4 Å². The van der Waals surface area contributed by atoms with E-state index in [-0.39, 0.29) is 12.5 Å². The van der Waals surface area contributed by atoms with E-state index in [4.69, 9.17) is 16.3 Å². The van der Waals surface area contributed by atoms with Gasteiger partial charge < -0.3 is 10.1 Å². The molecule has 1 heterocycles. The Hall–Kier alpha value is -0.580. The van der Waals surface area contributed by atoms with Crippen LogP contribution in [-0.4, -0.2) is 25.7 Å². The van der Waals surface area contributed by atoms with Crippen LogP contribution in [0.1, 0.15) is 11.8 Å². The van der Waals surface area contributed by atoms with Gasteiger partial charge in [-0.25, -0.2) is 0 Å². The third-order valence-electron chi connectivity index (χ3n) is 1.75. The molecular formula is C10H14ClNO2S. The first-order valence-corrected chi connectivity index (χ1v) is 6.02. The Kier molecular flexibility index (Phi) is 5.68. The van der Waals surface area contributed by atoms with Crippen molar-refractivity contribution in [1.29, 1.82) is 0 Å². The topological polar surface area (TPSA) is 38.3 Å². The molecule has 0 amide bonds. The zero-order valence-corrected chi connectivity index (χ0v) is 10.2. The van der Waals surface area contributed by atoms with E-state index in [0.717, 1.165) is 17.3 Å². The number of ether oxygens (including phenoxy) is 1. The highest BCUT2D eigenvalue weighted by Gasteiger charge is 2.01. The summed E-state index contributed by atoms with van der Waals surface area (Å²) in [5.41, 5.74) is 0. The van der Waals surface area contributed by atoms with Crippen LogP contribution in [0.3, 0.4) is 0 Å². The zero-order valence-electron chi connectivity index (χ0n) is 8.59. The first-order chi connectivity index (χ1) is 7.22. The second-order valence-corrected chi connectivity index (χ2v) is 4.74. The second-order valence-electron chi connectivity index (χ2n) is 2.94. The molecular weight excluding hydrogens is 234 g/mol. The molecule has 84 valence electrons. The summed E-state index contributed by atoms with van der Waals surface area (Å²) in [5.74, 6) is -0.207. The lowest BCUT2D eigenvalue weighted by molar-refractivity contribution is -0.141. The monoisotopic (exact) mass is 247 g/mol. The highest BCUT2D eigenvalue weighted by atomic mass is 35.5. The summed E-state index contributed by atoms with van der Waals surface area (Å²) in [4.78, 5) is 12.2. The Morgan fingerprint density at radius 1 is 1.60 bits per heavy atom. The fourth-order valence-electron chi connectivity index (χ4n) is 1.10. The van der Waals surface area contributed by atoms with Crippen molar-refractivity contribution in [3.05, 3.63) is 21.3 Å². The van der Waals surface area contributed by atoms with E-state index >= 15 is 0 Å². The lowest BCUT2D eigenvalue weighted by Crippen LogP contribution is -2.26. The normalized spacial score (nSPS) is 10.3. The summed E-state index contributed by atoms with van der Waals surface area (Å²) < 4.78 is 5.58. The molecule has 0 aliphatic carbocycles. The van der Waals surface area contributed by atoms with E-state index in [1.54, 1.807) is 18.3 Å². The maximum Gasteiger partial charge on any atom is 0.319 e. The van der Waals surface area contributed by atoms with Gasteiger partial charge in [-0.1, -0.05) is 11.6 Å². The van der Waals surface area contributed by atoms with E-state index in [9.17, 15) is 4.79 Å². The van der Waals surface area contributed by atoms with Crippen LogP contribution < -0.4 is 5.32 Å². The van der Waals surface area contributed by atoms with Gasteiger partial charge in [0.05, 0.1) is 17.5 Å². The fourth-order valence-corrected chi connectivity index (χ4v) is 2.19. The molecule has 1 aromatic rings. The minimum absolute atomic E-state index is 0.207. The van der Waals surface area contributed by atoms with E-state index in [2.05, 4.69) is 5.32 Å². The molecule has 0 fully saturated rings. The molecule has 15 heavy (non-hydrogen) atoms. The largest absolute Gasteiger partial charge is 0.465 e. The Morgan fingerprint density at radius 3 is 3.00 bits per heavy atom. The van der Waals surface area contributed by atoms with Crippen LogP contribution in [0.15, 0.2) is 12.1 Å². The van der Waals surface area contributed by atoms with Gasteiger partial charge >= 0.3 is 5.97 Å². The zero-order chi connectivity index (χ0) is 11.1. The van der Waals surface area contributed by atoms with Gasteiger partial charge in [0.2, 0.25) is 0 Å².